The third kappa shape index (κ3) is 1.39. The third-order valence-electron chi connectivity index (χ3n) is 3.36. The molecule has 0 saturated carbocycles. The van der Waals surface area contributed by atoms with Crippen LogP contribution in [-0.4, -0.2) is 37.4 Å². The monoisotopic (exact) mass is 218 g/mol. The van der Waals surface area contributed by atoms with E-state index in [-0.39, 0.29) is 18.0 Å². The summed E-state index contributed by atoms with van der Waals surface area (Å²) in [5.74, 6) is 0.279. The van der Waals surface area contributed by atoms with E-state index < -0.39 is 20.7 Å². The van der Waals surface area contributed by atoms with Gasteiger partial charge in [0.2, 0.25) is 0 Å². The van der Waals surface area contributed by atoms with E-state index >= 15 is 0 Å². The van der Waals surface area contributed by atoms with Crippen molar-refractivity contribution in [3.63, 3.8) is 0 Å². The largest absolute Gasteiger partial charge is 0.373 e. The van der Waals surface area contributed by atoms with E-state index in [1.54, 1.807) is 6.92 Å². The molecule has 0 N–H and O–H groups in total. The highest BCUT2D eigenvalue weighted by Crippen LogP contribution is 2.39. The van der Waals surface area contributed by atoms with Crippen molar-refractivity contribution in [1.82, 2.24) is 0 Å². The molecule has 2 unspecified atom stereocenters. The molecule has 1 spiro atoms. The van der Waals surface area contributed by atoms with Gasteiger partial charge in [0.15, 0.2) is 9.84 Å². The SMILES string of the molecule is CC1C2(CCS1(=O)=O)CC(=O)CCO2. The van der Waals surface area contributed by atoms with E-state index in [4.69, 9.17) is 4.74 Å². The molecule has 0 bridgehead atoms. The Morgan fingerprint density at radius 2 is 2.21 bits per heavy atom. The number of carbonyl (C=O) groups excluding carboxylic acids is 1. The minimum atomic E-state index is -3.03. The van der Waals surface area contributed by atoms with E-state index in [1.165, 1.54) is 0 Å². The molecule has 2 rings (SSSR count). The molecule has 0 aliphatic carbocycles. The summed E-state index contributed by atoms with van der Waals surface area (Å²) in [6.45, 7) is 2.03. The van der Waals surface area contributed by atoms with Crippen LogP contribution in [0.5, 0.6) is 0 Å². The Morgan fingerprint density at radius 3 is 2.71 bits per heavy atom. The lowest BCUT2D eigenvalue weighted by atomic mass is 9.88. The summed E-state index contributed by atoms with van der Waals surface area (Å²) in [7, 11) is -3.03. The fourth-order valence-electron chi connectivity index (χ4n) is 2.29. The van der Waals surface area contributed by atoms with Crippen molar-refractivity contribution in [2.24, 2.45) is 0 Å². The van der Waals surface area contributed by atoms with E-state index in [0.717, 1.165) is 0 Å². The topological polar surface area (TPSA) is 60.4 Å². The van der Waals surface area contributed by atoms with Crippen molar-refractivity contribution < 1.29 is 17.9 Å². The summed E-state index contributed by atoms with van der Waals surface area (Å²) < 4.78 is 28.6. The van der Waals surface area contributed by atoms with Crippen molar-refractivity contribution in [1.29, 1.82) is 0 Å². The minimum Gasteiger partial charge on any atom is -0.373 e. The van der Waals surface area contributed by atoms with Crippen LogP contribution in [0.15, 0.2) is 0 Å². The summed E-state index contributed by atoms with van der Waals surface area (Å²) in [6, 6.07) is 0. The highest BCUT2D eigenvalue weighted by molar-refractivity contribution is 7.92. The summed E-state index contributed by atoms with van der Waals surface area (Å²) in [6.07, 6.45) is 1.17. The first kappa shape index (κ1) is 10.1. The maximum atomic E-state index is 11.6. The molecule has 14 heavy (non-hydrogen) atoms. The Kier molecular flexibility index (Phi) is 2.19. The first-order valence-corrected chi connectivity index (χ1v) is 6.55. The van der Waals surface area contributed by atoms with Gasteiger partial charge in [0.1, 0.15) is 5.78 Å². The second kappa shape index (κ2) is 3.03. The standard InChI is InChI=1S/C9H14O4S/c1-7-9(3-5-14(7,11)12)6-8(10)2-4-13-9/h7H,2-6H2,1H3. The van der Waals surface area contributed by atoms with Gasteiger partial charge < -0.3 is 4.74 Å². The lowest BCUT2D eigenvalue weighted by molar-refractivity contribution is -0.139. The van der Waals surface area contributed by atoms with Crippen molar-refractivity contribution >= 4 is 15.6 Å². The summed E-state index contributed by atoms with van der Waals surface area (Å²) >= 11 is 0. The number of carbonyl (C=O) groups is 1. The van der Waals surface area contributed by atoms with Gasteiger partial charge in [-0.25, -0.2) is 8.42 Å². The Bertz CT molecular complexity index is 359. The van der Waals surface area contributed by atoms with Crippen LogP contribution in [0.25, 0.3) is 0 Å². The predicted octanol–water partition coefficient (Wildman–Crippen LogP) is 0.312. The van der Waals surface area contributed by atoms with Gasteiger partial charge in [-0.05, 0) is 13.3 Å². The molecule has 2 atom stereocenters. The average molecular weight is 218 g/mol. The zero-order chi connectivity index (χ0) is 10.4. The zero-order valence-electron chi connectivity index (χ0n) is 8.15. The number of rotatable bonds is 0. The van der Waals surface area contributed by atoms with Crippen LogP contribution in [0.2, 0.25) is 0 Å². The maximum absolute atomic E-state index is 11.6. The van der Waals surface area contributed by atoms with Gasteiger partial charge in [-0.3, -0.25) is 4.79 Å². The van der Waals surface area contributed by atoms with Crippen molar-refractivity contribution in [3.8, 4) is 0 Å². The lowest BCUT2D eigenvalue weighted by Gasteiger charge is -2.35. The van der Waals surface area contributed by atoms with Crippen molar-refractivity contribution in [3.05, 3.63) is 0 Å². The van der Waals surface area contributed by atoms with E-state index in [0.29, 0.717) is 19.4 Å². The minimum absolute atomic E-state index is 0.125. The zero-order valence-corrected chi connectivity index (χ0v) is 8.97. The summed E-state index contributed by atoms with van der Waals surface area (Å²) in [4.78, 5) is 11.3. The van der Waals surface area contributed by atoms with E-state index in [2.05, 4.69) is 0 Å². The van der Waals surface area contributed by atoms with Gasteiger partial charge in [0, 0.05) is 12.8 Å². The van der Waals surface area contributed by atoms with Crippen LogP contribution in [0.4, 0.5) is 0 Å². The van der Waals surface area contributed by atoms with Crippen LogP contribution in [0, 0.1) is 0 Å². The van der Waals surface area contributed by atoms with Gasteiger partial charge in [-0.1, -0.05) is 0 Å². The van der Waals surface area contributed by atoms with Gasteiger partial charge >= 0.3 is 0 Å². The number of sulfone groups is 1. The van der Waals surface area contributed by atoms with Crippen LogP contribution in [-0.2, 0) is 19.4 Å². The maximum Gasteiger partial charge on any atom is 0.155 e. The first-order valence-electron chi connectivity index (χ1n) is 4.83. The van der Waals surface area contributed by atoms with Gasteiger partial charge in [0.05, 0.1) is 23.2 Å². The molecule has 0 amide bonds. The second-order valence-electron chi connectivity index (χ2n) is 4.14. The van der Waals surface area contributed by atoms with E-state index in [9.17, 15) is 13.2 Å². The Labute approximate surface area is 83.5 Å². The van der Waals surface area contributed by atoms with Crippen molar-refractivity contribution in [2.75, 3.05) is 12.4 Å². The molecule has 4 nitrogen and oxygen atoms in total. The number of ether oxygens (including phenoxy) is 1. The fraction of sp³-hybridized carbons (Fsp3) is 0.889. The Morgan fingerprint density at radius 1 is 1.50 bits per heavy atom. The smallest absolute Gasteiger partial charge is 0.155 e. The average Bonchev–Trinajstić information content (AvgIpc) is 2.32. The fourth-order valence-corrected chi connectivity index (χ4v) is 4.19. The third-order valence-corrected chi connectivity index (χ3v) is 5.64. The molecule has 0 radical (unpaired) electrons. The molecule has 2 saturated heterocycles. The predicted molar refractivity (Wildman–Crippen MR) is 50.8 cm³/mol. The lowest BCUT2D eigenvalue weighted by Crippen LogP contribution is -2.46. The van der Waals surface area contributed by atoms with Crippen LogP contribution >= 0.6 is 0 Å². The molecular formula is C9H14O4S. The number of ketones is 1. The molecular weight excluding hydrogens is 204 g/mol. The van der Waals surface area contributed by atoms with Gasteiger partial charge in [-0.15, -0.1) is 0 Å². The van der Waals surface area contributed by atoms with Crippen molar-refractivity contribution in [2.45, 2.75) is 37.0 Å². The molecule has 0 aromatic rings. The van der Waals surface area contributed by atoms with Gasteiger partial charge in [0.25, 0.3) is 0 Å². The van der Waals surface area contributed by atoms with Crippen LogP contribution in [0.3, 0.4) is 0 Å². The van der Waals surface area contributed by atoms with E-state index in [1.807, 2.05) is 0 Å². The highest BCUT2D eigenvalue weighted by Gasteiger charge is 2.52. The van der Waals surface area contributed by atoms with Crippen LogP contribution < -0.4 is 0 Å². The molecule has 2 fully saturated rings. The number of Topliss-reactive ketones (excluding diaryl/α,β-unsaturated/α-hetero) is 1. The first-order chi connectivity index (χ1) is 6.46. The summed E-state index contributed by atoms with van der Waals surface area (Å²) in [5, 5.41) is -0.528. The van der Waals surface area contributed by atoms with Crippen LogP contribution in [0.1, 0.15) is 26.2 Å². The normalized spacial score (nSPS) is 41.8. The molecule has 2 aliphatic rings. The molecule has 80 valence electrons. The Balaban J connectivity index is 2.29. The highest BCUT2D eigenvalue weighted by atomic mass is 32.2. The van der Waals surface area contributed by atoms with Gasteiger partial charge in [-0.2, -0.15) is 0 Å². The molecule has 0 aromatic carbocycles. The molecule has 5 heteroatoms. The number of hydrogen-bond acceptors (Lipinski definition) is 4. The summed E-state index contributed by atoms with van der Waals surface area (Å²) in [5.41, 5.74) is -0.700. The molecule has 2 aliphatic heterocycles. The molecule has 0 aromatic heterocycles. The quantitative estimate of drug-likeness (QED) is 0.587. The number of hydrogen-bond donors (Lipinski definition) is 0. The second-order valence-corrected chi connectivity index (χ2v) is 6.58. The molecule has 2 heterocycles. The Hall–Kier alpha value is -0.420.